The van der Waals surface area contributed by atoms with Crippen LogP contribution in [0, 0.1) is 0 Å². The summed E-state index contributed by atoms with van der Waals surface area (Å²) in [6, 6.07) is 4.44. The van der Waals surface area contributed by atoms with Gasteiger partial charge in [-0.25, -0.2) is 0 Å². The second-order valence-electron chi connectivity index (χ2n) is 3.54. The molecule has 14 heavy (non-hydrogen) atoms. The minimum absolute atomic E-state index is 0.354. The van der Waals surface area contributed by atoms with Crippen molar-refractivity contribution < 1.29 is 0 Å². The van der Waals surface area contributed by atoms with Crippen molar-refractivity contribution in [2.24, 2.45) is 5.73 Å². The summed E-state index contributed by atoms with van der Waals surface area (Å²) in [6.07, 6.45) is 5.47. The fourth-order valence-electron chi connectivity index (χ4n) is 1.49. The third-order valence-electron chi connectivity index (χ3n) is 2.51. The van der Waals surface area contributed by atoms with Gasteiger partial charge in [-0.1, -0.05) is 12.2 Å². The van der Waals surface area contributed by atoms with E-state index in [1.807, 2.05) is 12.1 Å². The van der Waals surface area contributed by atoms with Crippen molar-refractivity contribution in [1.82, 2.24) is 4.98 Å². The summed E-state index contributed by atoms with van der Waals surface area (Å²) in [5.41, 5.74) is 7.24. The van der Waals surface area contributed by atoms with Gasteiger partial charge in [0.1, 0.15) is 10.7 Å². The zero-order chi connectivity index (χ0) is 9.97. The SMILES string of the molecule is NC(=S)c1ncccc1NC1CCC1. The van der Waals surface area contributed by atoms with Crippen molar-refractivity contribution in [1.29, 1.82) is 0 Å². The Morgan fingerprint density at radius 1 is 1.57 bits per heavy atom. The molecule has 3 nitrogen and oxygen atoms in total. The molecule has 0 bridgehead atoms. The van der Waals surface area contributed by atoms with Crippen LogP contribution in [0.2, 0.25) is 0 Å². The molecule has 1 aromatic heterocycles. The molecule has 0 radical (unpaired) electrons. The standard InChI is InChI=1S/C10H13N3S/c11-10(14)9-8(5-2-6-12-9)13-7-3-1-4-7/h2,5-7,13H,1,3-4H2,(H2,11,14). The topological polar surface area (TPSA) is 50.9 Å². The Hall–Kier alpha value is -1.16. The zero-order valence-corrected chi connectivity index (χ0v) is 8.68. The molecule has 0 aliphatic heterocycles. The second kappa shape index (κ2) is 3.92. The molecule has 1 aliphatic rings. The summed E-state index contributed by atoms with van der Waals surface area (Å²) in [5, 5.41) is 3.40. The molecule has 1 aliphatic carbocycles. The van der Waals surface area contributed by atoms with Crippen LogP contribution >= 0.6 is 12.2 Å². The van der Waals surface area contributed by atoms with Crippen molar-refractivity contribution in [3.63, 3.8) is 0 Å². The largest absolute Gasteiger partial charge is 0.388 e. The average Bonchev–Trinajstić information content (AvgIpc) is 2.12. The summed E-state index contributed by atoms with van der Waals surface area (Å²) >= 11 is 4.93. The fraction of sp³-hybridized carbons (Fsp3) is 0.400. The first-order chi connectivity index (χ1) is 6.77. The van der Waals surface area contributed by atoms with Crippen LogP contribution in [-0.4, -0.2) is 16.0 Å². The number of anilines is 1. The highest BCUT2D eigenvalue weighted by atomic mass is 32.1. The van der Waals surface area contributed by atoms with E-state index in [9.17, 15) is 0 Å². The van der Waals surface area contributed by atoms with Crippen molar-refractivity contribution in [3.05, 3.63) is 24.0 Å². The first-order valence-corrected chi connectivity index (χ1v) is 5.19. The van der Waals surface area contributed by atoms with E-state index in [1.54, 1.807) is 6.20 Å². The van der Waals surface area contributed by atoms with Crippen molar-refractivity contribution in [2.75, 3.05) is 5.32 Å². The molecular weight excluding hydrogens is 194 g/mol. The highest BCUT2D eigenvalue weighted by Crippen LogP contribution is 2.24. The minimum atomic E-state index is 0.354. The van der Waals surface area contributed by atoms with Crippen LogP contribution < -0.4 is 11.1 Å². The van der Waals surface area contributed by atoms with Gasteiger partial charge < -0.3 is 11.1 Å². The minimum Gasteiger partial charge on any atom is -0.388 e. The van der Waals surface area contributed by atoms with Crippen molar-refractivity contribution in [2.45, 2.75) is 25.3 Å². The number of nitrogens with zero attached hydrogens (tertiary/aromatic N) is 1. The van der Waals surface area contributed by atoms with Gasteiger partial charge in [0.2, 0.25) is 0 Å². The molecule has 0 aromatic carbocycles. The normalized spacial score (nSPS) is 16.0. The Bertz CT molecular complexity index is 347. The van der Waals surface area contributed by atoms with E-state index in [0.29, 0.717) is 16.7 Å². The van der Waals surface area contributed by atoms with E-state index >= 15 is 0 Å². The number of nitrogens with one attached hydrogen (secondary N) is 1. The van der Waals surface area contributed by atoms with Crippen LogP contribution in [0.5, 0.6) is 0 Å². The number of nitrogens with two attached hydrogens (primary N) is 1. The molecule has 0 saturated heterocycles. The predicted molar refractivity (Wildman–Crippen MR) is 61.4 cm³/mol. The monoisotopic (exact) mass is 207 g/mol. The number of rotatable bonds is 3. The summed E-state index contributed by atoms with van der Waals surface area (Å²) in [4.78, 5) is 4.52. The van der Waals surface area contributed by atoms with Crippen molar-refractivity contribution >= 4 is 22.9 Å². The van der Waals surface area contributed by atoms with E-state index in [0.717, 1.165) is 5.69 Å². The van der Waals surface area contributed by atoms with Gasteiger partial charge in [0.05, 0.1) is 5.69 Å². The number of pyridine rings is 1. The number of thiocarbonyl (C=S) groups is 1. The molecule has 0 unspecified atom stereocenters. The van der Waals surface area contributed by atoms with Gasteiger partial charge in [-0.3, -0.25) is 4.98 Å². The van der Waals surface area contributed by atoms with Gasteiger partial charge in [0, 0.05) is 12.2 Å². The van der Waals surface area contributed by atoms with Crippen LogP contribution in [-0.2, 0) is 0 Å². The Kier molecular flexibility index (Phi) is 2.63. The first-order valence-electron chi connectivity index (χ1n) is 4.79. The maximum Gasteiger partial charge on any atom is 0.124 e. The molecule has 1 fully saturated rings. The molecule has 3 N–H and O–H groups in total. The van der Waals surface area contributed by atoms with Crippen LogP contribution in [0.25, 0.3) is 0 Å². The Labute approximate surface area is 88.7 Å². The highest BCUT2D eigenvalue weighted by molar-refractivity contribution is 7.80. The Morgan fingerprint density at radius 2 is 2.36 bits per heavy atom. The van der Waals surface area contributed by atoms with E-state index in [-0.39, 0.29) is 0 Å². The third kappa shape index (κ3) is 1.85. The fourth-order valence-corrected chi connectivity index (χ4v) is 1.65. The van der Waals surface area contributed by atoms with Crippen molar-refractivity contribution in [3.8, 4) is 0 Å². The maximum absolute atomic E-state index is 5.58. The van der Waals surface area contributed by atoms with Crippen LogP contribution in [0.3, 0.4) is 0 Å². The molecule has 1 aromatic rings. The summed E-state index contributed by atoms with van der Waals surface area (Å²) in [7, 11) is 0. The predicted octanol–water partition coefficient (Wildman–Crippen LogP) is 1.68. The summed E-state index contributed by atoms with van der Waals surface area (Å²) in [5.74, 6) is 0. The lowest BCUT2D eigenvalue weighted by atomic mass is 9.93. The molecule has 74 valence electrons. The number of hydrogen-bond donors (Lipinski definition) is 2. The molecule has 2 rings (SSSR count). The van der Waals surface area contributed by atoms with E-state index in [4.69, 9.17) is 18.0 Å². The number of aromatic nitrogens is 1. The van der Waals surface area contributed by atoms with Crippen LogP contribution in [0.4, 0.5) is 5.69 Å². The van der Waals surface area contributed by atoms with Gasteiger partial charge in [-0.2, -0.15) is 0 Å². The van der Waals surface area contributed by atoms with Gasteiger partial charge in [0.15, 0.2) is 0 Å². The molecule has 1 heterocycles. The summed E-state index contributed by atoms with van der Waals surface area (Å²) < 4.78 is 0. The Balaban J connectivity index is 2.17. The first kappa shape index (κ1) is 9.40. The Morgan fingerprint density at radius 3 is 2.93 bits per heavy atom. The smallest absolute Gasteiger partial charge is 0.124 e. The molecule has 1 saturated carbocycles. The van der Waals surface area contributed by atoms with Crippen LogP contribution in [0.1, 0.15) is 25.0 Å². The molecule has 0 atom stereocenters. The lowest BCUT2D eigenvalue weighted by molar-refractivity contribution is 0.445. The average molecular weight is 207 g/mol. The second-order valence-corrected chi connectivity index (χ2v) is 3.98. The lowest BCUT2D eigenvalue weighted by Gasteiger charge is -2.28. The van der Waals surface area contributed by atoms with Crippen LogP contribution in [0.15, 0.2) is 18.3 Å². The quantitative estimate of drug-likeness (QED) is 0.740. The van der Waals surface area contributed by atoms with Gasteiger partial charge in [-0.05, 0) is 31.4 Å². The van der Waals surface area contributed by atoms with Gasteiger partial charge in [0.25, 0.3) is 0 Å². The maximum atomic E-state index is 5.58. The highest BCUT2D eigenvalue weighted by Gasteiger charge is 2.18. The number of hydrogen-bond acceptors (Lipinski definition) is 3. The van der Waals surface area contributed by atoms with Gasteiger partial charge >= 0.3 is 0 Å². The zero-order valence-electron chi connectivity index (χ0n) is 7.86. The summed E-state index contributed by atoms with van der Waals surface area (Å²) in [6.45, 7) is 0. The molecule has 0 spiro atoms. The molecule has 4 heteroatoms. The lowest BCUT2D eigenvalue weighted by Crippen LogP contribution is -2.28. The van der Waals surface area contributed by atoms with E-state index < -0.39 is 0 Å². The van der Waals surface area contributed by atoms with E-state index in [1.165, 1.54) is 19.3 Å². The molecular formula is C10H13N3S. The van der Waals surface area contributed by atoms with Gasteiger partial charge in [-0.15, -0.1) is 0 Å². The third-order valence-corrected chi connectivity index (χ3v) is 2.70. The molecule has 0 amide bonds. The van der Waals surface area contributed by atoms with E-state index in [2.05, 4.69) is 10.3 Å².